The SMILES string of the molecule is COc1cc(C2(N=C=O)CC2)ccc1OC1CCN(C)CC1. The van der Waals surface area contributed by atoms with E-state index in [-0.39, 0.29) is 11.6 Å². The molecular weight excluding hydrogens is 280 g/mol. The Bertz CT molecular complexity index is 584. The number of aliphatic imine (C=N–C) groups is 1. The predicted octanol–water partition coefficient (Wildman–Crippen LogP) is 2.49. The number of carbonyl (C=O) groups excluding carboxylic acids is 1. The van der Waals surface area contributed by atoms with E-state index in [1.807, 2.05) is 18.2 Å². The van der Waals surface area contributed by atoms with Gasteiger partial charge in [0.1, 0.15) is 6.10 Å². The average Bonchev–Trinajstić information content (AvgIpc) is 3.31. The van der Waals surface area contributed by atoms with Gasteiger partial charge < -0.3 is 14.4 Å². The van der Waals surface area contributed by atoms with Gasteiger partial charge in [-0.15, -0.1) is 0 Å². The lowest BCUT2D eigenvalue weighted by Crippen LogP contribution is -2.35. The van der Waals surface area contributed by atoms with Crippen LogP contribution in [0.15, 0.2) is 23.2 Å². The van der Waals surface area contributed by atoms with Gasteiger partial charge in [-0.3, -0.25) is 0 Å². The van der Waals surface area contributed by atoms with Gasteiger partial charge in [-0.1, -0.05) is 6.07 Å². The van der Waals surface area contributed by atoms with Gasteiger partial charge in [0.15, 0.2) is 11.5 Å². The van der Waals surface area contributed by atoms with E-state index in [1.165, 1.54) is 0 Å². The third kappa shape index (κ3) is 3.01. The molecule has 1 saturated carbocycles. The molecule has 1 heterocycles. The van der Waals surface area contributed by atoms with E-state index in [0.29, 0.717) is 5.75 Å². The Hall–Kier alpha value is -1.84. The lowest BCUT2D eigenvalue weighted by atomic mass is 10.0. The fourth-order valence-electron chi connectivity index (χ4n) is 3.01. The zero-order valence-electron chi connectivity index (χ0n) is 13.2. The van der Waals surface area contributed by atoms with Crippen LogP contribution in [0.5, 0.6) is 11.5 Å². The van der Waals surface area contributed by atoms with E-state index < -0.39 is 0 Å². The molecule has 0 spiro atoms. The molecule has 1 aliphatic heterocycles. The number of piperidine rings is 1. The minimum Gasteiger partial charge on any atom is -0.493 e. The summed E-state index contributed by atoms with van der Waals surface area (Å²) in [6.45, 7) is 2.12. The molecule has 0 amide bonds. The van der Waals surface area contributed by atoms with Crippen LogP contribution in [0.25, 0.3) is 0 Å². The Kier molecular flexibility index (Phi) is 4.19. The number of methoxy groups -OCH3 is 1. The molecule has 1 aliphatic carbocycles. The van der Waals surface area contributed by atoms with Crippen LogP contribution in [-0.2, 0) is 10.3 Å². The Morgan fingerprint density at radius 2 is 2.00 bits per heavy atom. The van der Waals surface area contributed by atoms with Gasteiger partial charge in [-0.25, -0.2) is 4.79 Å². The van der Waals surface area contributed by atoms with Crippen molar-refractivity contribution in [3.05, 3.63) is 23.8 Å². The van der Waals surface area contributed by atoms with E-state index in [1.54, 1.807) is 13.2 Å². The molecule has 5 heteroatoms. The van der Waals surface area contributed by atoms with Gasteiger partial charge in [-0.2, -0.15) is 4.99 Å². The monoisotopic (exact) mass is 302 g/mol. The molecule has 2 aliphatic rings. The normalized spacial score (nSPS) is 21.0. The molecule has 0 N–H and O–H groups in total. The minimum absolute atomic E-state index is 0.235. The summed E-state index contributed by atoms with van der Waals surface area (Å²) < 4.78 is 11.6. The number of nitrogens with zero attached hydrogens (tertiary/aromatic N) is 2. The van der Waals surface area contributed by atoms with Crippen molar-refractivity contribution >= 4 is 6.08 Å². The molecule has 1 saturated heterocycles. The number of hydrogen-bond acceptors (Lipinski definition) is 5. The molecule has 118 valence electrons. The summed E-state index contributed by atoms with van der Waals surface area (Å²) in [5, 5.41) is 0. The Morgan fingerprint density at radius 1 is 1.27 bits per heavy atom. The second-order valence-electron chi connectivity index (χ2n) is 6.22. The quantitative estimate of drug-likeness (QED) is 0.619. The minimum atomic E-state index is -0.374. The fraction of sp³-hybridized carbons (Fsp3) is 0.588. The van der Waals surface area contributed by atoms with E-state index >= 15 is 0 Å². The molecule has 0 radical (unpaired) electrons. The van der Waals surface area contributed by atoms with Gasteiger partial charge in [0.25, 0.3) is 0 Å². The maximum atomic E-state index is 10.6. The fourth-order valence-corrected chi connectivity index (χ4v) is 3.01. The molecule has 1 aromatic carbocycles. The van der Waals surface area contributed by atoms with E-state index in [4.69, 9.17) is 9.47 Å². The lowest BCUT2D eigenvalue weighted by molar-refractivity contribution is 0.111. The van der Waals surface area contributed by atoms with Crippen LogP contribution < -0.4 is 9.47 Å². The number of hydrogen-bond donors (Lipinski definition) is 0. The van der Waals surface area contributed by atoms with Gasteiger partial charge in [-0.05, 0) is 50.4 Å². The van der Waals surface area contributed by atoms with E-state index in [0.717, 1.165) is 50.1 Å². The van der Waals surface area contributed by atoms with Gasteiger partial charge in [0.2, 0.25) is 6.08 Å². The van der Waals surface area contributed by atoms with Crippen molar-refractivity contribution in [2.45, 2.75) is 37.3 Å². The van der Waals surface area contributed by atoms with E-state index in [2.05, 4.69) is 16.9 Å². The van der Waals surface area contributed by atoms with Crippen LogP contribution in [0.3, 0.4) is 0 Å². The second kappa shape index (κ2) is 6.11. The summed E-state index contributed by atoms with van der Waals surface area (Å²) in [6, 6.07) is 5.87. The largest absolute Gasteiger partial charge is 0.493 e. The molecule has 3 rings (SSSR count). The first-order valence-corrected chi connectivity index (χ1v) is 7.79. The van der Waals surface area contributed by atoms with Crippen molar-refractivity contribution in [3.8, 4) is 11.5 Å². The van der Waals surface area contributed by atoms with Crippen LogP contribution in [0.1, 0.15) is 31.2 Å². The molecule has 22 heavy (non-hydrogen) atoms. The molecule has 2 fully saturated rings. The molecule has 0 bridgehead atoms. The number of ether oxygens (including phenoxy) is 2. The third-order valence-electron chi connectivity index (χ3n) is 4.64. The maximum Gasteiger partial charge on any atom is 0.235 e. The highest BCUT2D eigenvalue weighted by atomic mass is 16.5. The van der Waals surface area contributed by atoms with Gasteiger partial charge in [0, 0.05) is 13.1 Å². The number of isocyanates is 1. The van der Waals surface area contributed by atoms with Crippen molar-refractivity contribution in [1.29, 1.82) is 0 Å². The number of likely N-dealkylation sites (tertiary alicyclic amines) is 1. The summed E-state index contributed by atoms with van der Waals surface area (Å²) in [4.78, 5) is 16.9. The highest BCUT2D eigenvalue weighted by Crippen LogP contribution is 2.50. The van der Waals surface area contributed by atoms with Gasteiger partial charge in [0.05, 0.1) is 12.6 Å². The second-order valence-corrected chi connectivity index (χ2v) is 6.22. The highest BCUT2D eigenvalue weighted by Gasteiger charge is 2.45. The summed E-state index contributed by atoms with van der Waals surface area (Å²) in [6.07, 6.45) is 5.76. The Balaban J connectivity index is 1.76. The maximum absolute atomic E-state index is 10.6. The summed E-state index contributed by atoms with van der Waals surface area (Å²) in [5.74, 6) is 1.48. The molecule has 0 aromatic heterocycles. The first-order valence-electron chi connectivity index (χ1n) is 7.79. The predicted molar refractivity (Wildman–Crippen MR) is 83.2 cm³/mol. The summed E-state index contributed by atoms with van der Waals surface area (Å²) >= 11 is 0. The van der Waals surface area contributed by atoms with Crippen LogP contribution in [0.4, 0.5) is 0 Å². The van der Waals surface area contributed by atoms with Crippen molar-refractivity contribution in [2.75, 3.05) is 27.2 Å². The Labute approximate surface area is 130 Å². The average molecular weight is 302 g/mol. The third-order valence-corrected chi connectivity index (χ3v) is 4.64. The van der Waals surface area contributed by atoms with E-state index in [9.17, 15) is 4.79 Å². The van der Waals surface area contributed by atoms with Crippen molar-refractivity contribution in [3.63, 3.8) is 0 Å². The molecule has 0 unspecified atom stereocenters. The number of rotatable bonds is 5. The smallest absolute Gasteiger partial charge is 0.235 e. The van der Waals surface area contributed by atoms with Crippen LogP contribution in [0, 0.1) is 0 Å². The number of benzene rings is 1. The lowest BCUT2D eigenvalue weighted by Gasteiger charge is -2.29. The first-order chi connectivity index (χ1) is 10.7. The molecule has 5 nitrogen and oxygen atoms in total. The van der Waals surface area contributed by atoms with Crippen LogP contribution in [-0.4, -0.2) is 44.3 Å². The van der Waals surface area contributed by atoms with Crippen molar-refractivity contribution < 1.29 is 14.3 Å². The first kappa shape index (κ1) is 15.1. The van der Waals surface area contributed by atoms with Crippen molar-refractivity contribution in [2.24, 2.45) is 4.99 Å². The molecular formula is C17H22N2O3. The van der Waals surface area contributed by atoms with Crippen molar-refractivity contribution in [1.82, 2.24) is 4.90 Å². The molecule has 0 atom stereocenters. The van der Waals surface area contributed by atoms with Crippen LogP contribution in [0.2, 0.25) is 0 Å². The zero-order valence-corrected chi connectivity index (χ0v) is 13.2. The zero-order chi connectivity index (χ0) is 15.6. The topological polar surface area (TPSA) is 51.1 Å². The molecule has 1 aromatic rings. The van der Waals surface area contributed by atoms with Gasteiger partial charge >= 0.3 is 0 Å². The summed E-state index contributed by atoms with van der Waals surface area (Å²) in [7, 11) is 3.78. The van der Waals surface area contributed by atoms with Crippen LogP contribution >= 0.6 is 0 Å². The highest BCUT2D eigenvalue weighted by molar-refractivity contribution is 5.48. The summed E-state index contributed by atoms with van der Waals surface area (Å²) in [5.41, 5.74) is 0.629. The Morgan fingerprint density at radius 3 is 2.59 bits per heavy atom. The standard InChI is InChI=1S/C17H22N2O3/c1-19-9-5-14(6-10-19)22-15-4-3-13(11-16(15)21-2)17(7-8-17)18-12-20/h3-4,11,14H,5-10H2,1-2H3.